The van der Waals surface area contributed by atoms with Crippen molar-refractivity contribution >= 4 is 17.4 Å². The molecule has 0 N–H and O–H groups in total. The summed E-state index contributed by atoms with van der Waals surface area (Å²) >= 11 is 1.17. The first kappa shape index (κ1) is 16.7. The minimum absolute atomic E-state index is 0.0357. The molecule has 1 aliphatic heterocycles. The third kappa shape index (κ3) is 3.84. The lowest BCUT2D eigenvalue weighted by molar-refractivity contribution is 0.0637. The minimum Gasteiger partial charge on any atom is -0.497 e. The van der Waals surface area contributed by atoms with E-state index >= 15 is 0 Å². The molecule has 1 atom stereocenters. The van der Waals surface area contributed by atoms with E-state index in [1.807, 2.05) is 36.1 Å². The number of hydrogen-bond donors (Lipinski definition) is 0. The van der Waals surface area contributed by atoms with E-state index in [-0.39, 0.29) is 5.91 Å². The molecule has 2 heterocycles. The van der Waals surface area contributed by atoms with Crippen molar-refractivity contribution in [1.82, 2.24) is 14.5 Å². The standard InChI is InChI=1S/C17H21N3O3S/c1-12-16(24-19-18-12)17(21)20-8-4-5-13(10-20)11-23-15-7-3-6-14(9-15)22-2/h3,6-7,9,13H,4-5,8,10-11H2,1-2H3/t13-/m0/s1. The van der Waals surface area contributed by atoms with Crippen LogP contribution in [0.15, 0.2) is 24.3 Å². The first-order valence-electron chi connectivity index (χ1n) is 8.02. The van der Waals surface area contributed by atoms with Gasteiger partial charge in [0.15, 0.2) is 0 Å². The molecule has 128 valence electrons. The molecule has 0 radical (unpaired) electrons. The van der Waals surface area contributed by atoms with Crippen LogP contribution in [0, 0.1) is 12.8 Å². The number of methoxy groups -OCH3 is 1. The monoisotopic (exact) mass is 347 g/mol. The zero-order valence-corrected chi connectivity index (χ0v) is 14.7. The van der Waals surface area contributed by atoms with E-state index < -0.39 is 0 Å². The van der Waals surface area contributed by atoms with Crippen molar-refractivity contribution < 1.29 is 14.3 Å². The summed E-state index contributed by atoms with van der Waals surface area (Å²) in [5.74, 6) is 1.94. The average Bonchev–Trinajstić information content (AvgIpc) is 3.05. The van der Waals surface area contributed by atoms with Gasteiger partial charge in [-0.2, -0.15) is 0 Å². The van der Waals surface area contributed by atoms with E-state index in [1.54, 1.807) is 7.11 Å². The molecular formula is C17H21N3O3S. The number of likely N-dealkylation sites (tertiary alicyclic amines) is 1. The summed E-state index contributed by atoms with van der Waals surface area (Å²) in [6, 6.07) is 7.59. The fourth-order valence-electron chi connectivity index (χ4n) is 2.86. The van der Waals surface area contributed by atoms with E-state index in [0.717, 1.165) is 30.9 Å². The van der Waals surface area contributed by atoms with Crippen LogP contribution in [-0.4, -0.2) is 47.2 Å². The van der Waals surface area contributed by atoms with Gasteiger partial charge in [-0.1, -0.05) is 10.6 Å². The molecule has 1 aliphatic rings. The molecule has 1 fully saturated rings. The zero-order valence-electron chi connectivity index (χ0n) is 13.9. The van der Waals surface area contributed by atoms with Crippen LogP contribution in [0.4, 0.5) is 0 Å². The lowest BCUT2D eigenvalue weighted by Crippen LogP contribution is -2.41. The molecule has 1 amide bonds. The fraction of sp³-hybridized carbons (Fsp3) is 0.471. The van der Waals surface area contributed by atoms with Crippen LogP contribution < -0.4 is 9.47 Å². The number of carbonyl (C=O) groups excluding carboxylic acids is 1. The summed E-state index contributed by atoms with van der Waals surface area (Å²) < 4.78 is 15.0. The van der Waals surface area contributed by atoms with E-state index in [2.05, 4.69) is 9.59 Å². The number of nitrogens with zero attached hydrogens (tertiary/aromatic N) is 3. The summed E-state index contributed by atoms with van der Waals surface area (Å²) in [5.41, 5.74) is 0.708. The Morgan fingerprint density at radius 1 is 1.42 bits per heavy atom. The van der Waals surface area contributed by atoms with Crippen molar-refractivity contribution in [1.29, 1.82) is 0 Å². The van der Waals surface area contributed by atoms with E-state index in [1.165, 1.54) is 11.5 Å². The van der Waals surface area contributed by atoms with Crippen LogP contribution >= 0.6 is 11.5 Å². The summed E-state index contributed by atoms with van der Waals surface area (Å²) in [5, 5.41) is 3.93. The first-order chi connectivity index (χ1) is 11.7. The maximum Gasteiger partial charge on any atom is 0.267 e. The predicted molar refractivity (Wildman–Crippen MR) is 91.8 cm³/mol. The molecule has 24 heavy (non-hydrogen) atoms. The minimum atomic E-state index is 0.0357. The normalized spacial score (nSPS) is 17.6. The Hall–Kier alpha value is -2.15. The van der Waals surface area contributed by atoms with Crippen LogP contribution in [0.5, 0.6) is 11.5 Å². The maximum atomic E-state index is 12.6. The molecule has 7 heteroatoms. The van der Waals surface area contributed by atoms with Gasteiger partial charge in [-0.25, -0.2) is 0 Å². The quantitative estimate of drug-likeness (QED) is 0.832. The molecule has 1 saturated heterocycles. The molecule has 0 bridgehead atoms. The molecule has 0 saturated carbocycles. The average molecular weight is 347 g/mol. The number of ether oxygens (including phenoxy) is 2. The third-order valence-corrected chi connectivity index (χ3v) is 4.99. The lowest BCUT2D eigenvalue weighted by Gasteiger charge is -2.32. The van der Waals surface area contributed by atoms with Gasteiger partial charge in [0.25, 0.3) is 5.91 Å². The Balaban J connectivity index is 1.57. The third-order valence-electron chi connectivity index (χ3n) is 4.18. The topological polar surface area (TPSA) is 64.6 Å². The van der Waals surface area contributed by atoms with E-state index in [4.69, 9.17) is 9.47 Å². The SMILES string of the molecule is COc1cccc(OC[C@H]2CCCN(C(=O)c3snnc3C)C2)c1. The second-order valence-corrected chi connectivity index (χ2v) is 6.69. The lowest BCUT2D eigenvalue weighted by atomic mass is 9.98. The van der Waals surface area contributed by atoms with Crippen LogP contribution in [0.2, 0.25) is 0 Å². The number of rotatable bonds is 5. The second-order valence-electron chi connectivity index (χ2n) is 5.94. The van der Waals surface area contributed by atoms with E-state index in [0.29, 0.717) is 29.6 Å². The van der Waals surface area contributed by atoms with Crippen molar-refractivity contribution in [3.63, 3.8) is 0 Å². The summed E-state index contributed by atoms with van der Waals surface area (Å²) in [6.45, 7) is 3.91. The number of benzene rings is 1. The van der Waals surface area contributed by atoms with Crippen molar-refractivity contribution in [3.8, 4) is 11.5 Å². The fourth-order valence-corrected chi connectivity index (χ4v) is 3.49. The van der Waals surface area contributed by atoms with Crippen LogP contribution in [0.25, 0.3) is 0 Å². The Bertz CT molecular complexity index is 704. The van der Waals surface area contributed by atoms with Gasteiger partial charge in [0.05, 0.1) is 19.4 Å². The summed E-state index contributed by atoms with van der Waals surface area (Å²) in [4.78, 5) is 15.1. The van der Waals surface area contributed by atoms with Crippen LogP contribution in [0.1, 0.15) is 28.2 Å². The molecular weight excluding hydrogens is 326 g/mol. The number of carbonyl (C=O) groups is 1. The molecule has 0 unspecified atom stereocenters. The van der Waals surface area contributed by atoms with Crippen molar-refractivity contribution in [3.05, 3.63) is 34.8 Å². The van der Waals surface area contributed by atoms with E-state index in [9.17, 15) is 4.79 Å². The van der Waals surface area contributed by atoms with Gasteiger partial charge in [-0.15, -0.1) is 5.10 Å². The molecule has 1 aromatic heterocycles. The number of piperidine rings is 1. The highest BCUT2D eigenvalue weighted by Crippen LogP contribution is 2.23. The smallest absolute Gasteiger partial charge is 0.267 e. The number of aromatic nitrogens is 2. The highest BCUT2D eigenvalue weighted by atomic mass is 32.1. The molecule has 0 spiro atoms. The summed E-state index contributed by atoms with van der Waals surface area (Å²) in [7, 11) is 1.64. The molecule has 0 aliphatic carbocycles. The van der Waals surface area contributed by atoms with Gasteiger partial charge in [-0.05, 0) is 43.4 Å². The summed E-state index contributed by atoms with van der Waals surface area (Å²) in [6.07, 6.45) is 2.05. The number of amides is 1. The van der Waals surface area contributed by atoms with Gasteiger partial charge in [0.1, 0.15) is 16.4 Å². The maximum absolute atomic E-state index is 12.6. The van der Waals surface area contributed by atoms with Crippen LogP contribution in [-0.2, 0) is 0 Å². The number of hydrogen-bond acceptors (Lipinski definition) is 6. The number of aryl methyl sites for hydroxylation is 1. The highest BCUT2D eigenvalue weighted by molar-refractivity contribution is 7.07. The molecule has 1 aromatic carbocycles. The van der Waals surface area contributed by atoms with Gasteiger partial charge in [0, 0.05) is 25.1 Å². The van der Waals surface area contributed by atoms with Gasteiger partial charge >= 0.3 is 0 Å². The van der Waals surface area contributed by atoms with Crippen molar-refractivity contribution in [2.75, 3.05) is 26.8 Å². The Labute approximate surface area is 145 Å². The second kappa shape index (κ2) is 7.61. The Morgan fingerprint density at radius 3 is 3.00 bits per heavy atom. The van der Waals surface area contributed by atoms with Crippen LogP contribution in [0.3, 0.4) is 0 Å². The Morgan fingerprint density at radius 2 is 2.25 bits per heavy atom. The highest BCUT2D eigenvalue weighted by Gasteiger charge is 2.27. The largest absolute Gasteiger partial charge is 0.497 e. The van der Waals surface area contributed by atoms with Gasteiger partial charge in [-0.3, -0.25) is 4.79 Å². The molecule has 3 rings (SSSR count). The Kier molecular flexibility index (Phi) is 5.30. The van der Waals surface area contributed by atoms with Gasteiger partial charge < -0.3 is 14.4 Å². The van der Waals surface area contributed by atoms with Crippen molar-refractivity contribution in [2.45, 2.75) is 19.8 Å². The zero-order chi connectivity index (χ0) is 16.9. The predicted octanol–water partition coefficient (Wildman–Crippen LogP) is 2.79. The molecule has 6 nitrogen and oxygen atoms in total. The molecule has 2 aromatic rings. The first-order valence-corrected chi connectivity index (χ1v) is 8.80. The van der Waals surface area contributed by atoms with Crippen molar-refractivity contribution in [2.24, 2.45) is 5.92 Å². The van der Waals surface area contributed by atoms with Gasteiger partial charge in [0.2, 0.25) is 0 Å².